The number of carbonyl (C=O) groups is 1. The van der Waals surface area contributed by atoms with E-state index in [-0.39, 0.29) is 15.5 Å². The van der Waals surface area contributed by atoms with E-state index in [9.17, 15) is 13.2 Å². The second kappa shape index (κ2) is 9.55. The molecule has 8 heteroatoms. The number of thioether (sulfide) groups is 1. The molecule has 0 fully saturated rings. The summed E-state index contributed by atoms with van der Waals surface area (Å²) in [5.74, 6) is -0.443. The molecule has 5 nitrogen and oxygen atoms in total. The number of benzene rings is 3. The van der Waals surface area contributed by atoms with Gasteiger partial charge in [-0.15, -0.1) is 11.8 Å². The minimum Gasteiger partial charge on any atom is -0.348 e. The smallest absolute Gasteiger partial charge is 0.261 e. The maximum atomic E-state index is 12.8. The number of sulfonamides is 1. The number of hydrogen-bond acceptors (Lipinski definition) is 4. The lowest BCUT2D eigenvalue weighted by atomic mass is 10.2. The van der Waals surface area contributed by atoms with Crippen molar-refractivity contribution < 1.29 is 13.2 Å². The van der Waals surface area contributed by atoms with Crippen molar-refractivity contribution in [3.8, 4) is 0 Å². The Balaban J connectivity index is 1.77. The minimum atomic E-state index is -3.87. The van der Waals surface area contributed by atoms with Crippen LogP contribution in [0.15, 0.2) is 76.5 Å². The molecule has 0 atom stereocenters. The molecule has 3 aromatic rings. The summed E-state index contributed by atoms with van der Waals surface area (Å²) >= 11 is 7.80. The maximum Gasteiger partial charge on any atom is 0.261 e. The third kappa shape index (κ3) is 5.56. The van der Waals surface area contributed by atoms with Crippen LogP contribution in [0.3, 0.4) is 0 Å². The Labute approximate surface area is 185 Å². The first-order chi connectivity index (χ1) is 14.3. The summed E-state index contributed by atoms with van der Waals surface area (Å²) < 4.78 is 28.0. The average Bonchev–Trinajstić information content (AvgIpc) is 2.72. The van der Waals surface area contributed by atoms with E-state index in [1.165, 1.54) is 18.2 Å². The van der Waals surface area contributed by atoms with Crippen LogP contribution in [0.2, 0.25) is 5.02 Å². The quantitative estimate of drug-likeness (QED) is 0.481. The first-order valence-corrected chi connectivity index (χ1v) is 12.2. The van der Waals surface area contributed by atoms with E-state index in [0.29, 0.717) is 12.2 Å². The number of aryl methyl sites for hydroxylation is 1. The van der Waals surface area contributed by atoms with Crippen LogP contribution in [-0.2, 0) is 16.6 Å². The summed E-state index contributed by atoms with van der Waals surface area (Å²) in [6, 6.07) is 18.9. The highest BCUT2D eigenvalue weighted by Gasteiger charge is 2.19. The van der Waals surface area contributed by atoms with Crippen molar-refractivity contribution >= 4 is 45.0 Å². The Morgan fingerprint density at radius 3 is 2.43 bits per heavy atom. The molecule has 0 radical (unpaired) electrons. The zero-order valence-corrected chi connectivity index (χ0v) is 18.9. The lowest BCUT2D eigenvalue weighted by molar-refractivity contribution is 0.0951. The molecule has 0 spiro atoms. The maximum absolute atomic E-state index is 12.8. The Morgan fingerprint density at radius 1 is 1.03 bits per heavy atom. The lowest BCUT2D eigenvalue weighted by Gasteiger charge is -2.12. The van der Waals surface area contributed by atoms with Gasteiger partial charge in [0.15, 0.2) is 0 Å². The van der Waals surface area contributed by atoms with Crippen molar-refractivity contribution in [3.63, 3.8) is 0 Å². The van der Waals surface area contributed by atoms with Gasteiger partial charge in [-0.3, -0.25) is 9.52 Å². The lowest BCUT2D eigenvalue weighted by Crippen LogP contribution is -2.23. The van der Waals surface area contributed by atoms with Crippen LogP contribution in [-0.4, -0.2) is 20.6 Å². The zero-order chi connectivity index (χ0) is 21.7. The van der Waals surface area contributed by atoms with Gasteiger partial charge in [-0.25, -0.2) is 8.42 Å². The van der Waals surface area contributed by atoms with Crippen molar-refractivity contribution in [2.75, 3.05) is 11.0 Å². The molecule has 0 saturated carbocycles. The Kier molecular flexibility index (Phi) is 7.07. The van der Waals surface area contributed by atoms with Gasteiger partial charge in [0.2, 0.25) is 0 Å². The normalized spacial score (nSPS) is 11.2. The molecule has 0 aliphatic heterocycles. The predicted octanol–water partition coefficient (Wildman–Crippen LogP) is 5.10. The van der Waals surface area contributed by atoms with Gasteiger partial charge in [-0.05, 0) is 66.8 Å². The standard InChI is InChI=1S/C22H21ClN2O3S2/c1-15-4-3-5-17(12-15)25-30(27,28)19-10-11-21(23)20(13-19)22(26)24-14-16-6-8-18(29-2)9-7-16/h3-13,25H,14H2,1-2H3,(H,24,26). The van der Waals surface area contributed by atoms with Crippen molar-refractivity contribution in [3.05, 3.63) is 88.4 Å². The molecule has 2 N–H and O–H groups in total. The van der Waals surface area contributed by atoms with E-state index >= 15 is 0 Å². The van der Waals surface area contributed by atoms with Crippen LogP contribution in [0, 0.1) is 6.92 Å². The van der Waals surface area contributed by atoms with Crippen molar-refractivity contribution in [1.82, 2.24) is 5.32 Å². The molecule has 3 rings (SSSR count). The second-order valence-electron chi connectivity index (χ2n) is 6.65. The number of hydrogen-bond donors (Lipinski definition) is 2. The van der Waals surface area contributed by atoms with Gasteiger partial charge >= 0.3 is 0 Å². The Hall–Kier alpha value is -2.48. The number of rotatable bonds is 7. The molecule has 0 heterocycles. The van der Waals surface area contributed by atoms with Crippen molar-refractivity contribution in [2.45, 2.75) is 23.3 Å². The minimum absolute atomic E-state index is 0.0390. The van der Waals surface area contributed by atoms with E-state index in [4.69, 9.17) is 11.6 Å². The van der Waals surface area contributed by atoms with E-state index in [2.05, 4.69) is 10.0 Å². The molecule has 0 aliphatic rings. The van der Waals surface area contributed by atoms with Gasteiger partial charge < -0.3 is 5.32 Å². The SMILES string of the molecule is CSc1ccc(CNC(=O)c2cc(S(=O)(=O)Nc3cccc(C)c3)ccc2Cl)cc1. The summed E-state index contributed by atoms with van der Waals surface area (Å²) in [7, 11) is -3.87. The largest absolute Gasteiger partial charge is 0.348 e. The summed E-state index contributed by atoms with van der Waals surface area (Å²) in [6.45, 7) is 2.18. The molecule has 0 unspecified atom stereocenters. The Morgan fingerprint density at radius 2 is 1.77 bits per heavy atom. The molecule has 1 amide bonds. The van der Waals surface area contributed by atoms with E-state index in [1.807, 2.05) is 43.5 Å². The molecule has 3 aromatic carbocycles. The summed E-state index contributed by atoms with van der Waals surface area (Å²) in [5, 5.41) is 2.96. The van der Waals surface area contributed by atoms with Crippen LogP contribution < -0.4 is 10.0 Å². The number of carbonyl (C=O) groups excluding carboxylic acids is 1. The first kappa shape index (κ1) is 22.2. The molecule has 30 heavy (non-hydrogen) atoms. The van der Waals surface area contributed by atoms with Gasteiger partial charge in [-0.2, -0.15) is 0 Å². The van der Waals surface area contributed by atoms with Crippen LogP contribution >= 0.6 is 23.4 Å². The molecule has 0 aromatic heterocycles. The summed E-state index contributed by atoms with van der Waals surface area (Å²) in [6.07, 6.45) is 1.99. The Bertz CT molecular complexity index is 1160. The van der Waals surface area contributed by atoms with E-state index in [1.54, 1.807) is 30.0 Å². The van der Waals surface area contributed by atoms with Crippen molar-refractivity contribution in [1.29, 1.82) is 0 Å². The molecular formula is C22H21ClN2O3S2. The topological polar surface area (TPSA) is 75.3 Å². The zero-order valence-electron chi connectivity index (χ0n) is 16.5. The van der Waals surface area contributed by atoms with Gasteiger partial charge in [0.05, 0.1) is 15.5 Å². The number of halogens is 1. The molecule has 156 valence electrons. The number of amides is 1. The number of nitrogens with one attached hydrogen (secondary N) is 2. The molecule has 0 bridgehead atoms. The second-order valence-corrected chi connectivity index (χ2v) is 9.62. The van der Waals surface area contributed by atoms with Gasteiger partial charge in [0.1, 0.15) is 0 Å². The van der Waals surface area contributed by atoms with E-state index < -0.39 is 15.9 Å². The fourth-order valence-corrected chi connectivity index (χ4v) is 4.48. The van der Waals surface area contributed by atoms with Gasteiger partial charge in [0, 0.05) is 17.1 Å². The fourth-order valence-electron chi connectivity index (χ4n) is 2.79. The first-order valence-electron chi connectivity index (χ1n) is 9.08. The average molecular weight is 461 g/mol. The van der Waals surface area contributed by atoms with Gasteiger partial charge in [-0.1, -0.05) is 35.9 Å². The monoisotopic (exact) mass is 460 g/mol. The predicted molar refractivity (Wildman–Crippen MR) is 123 cm³/mol. The number of anilines is 1. The molecule has 0 aliphatic carbocycles. The highest BCUT2D eigenvalue weighted by Crippen LogP contribution is 2.23. The van der Waals surface area contributed by atoms with Crippen LogP contribution in [0.4, 0.5) is 5.69 Å². The van der Waals surface area contributed by atoms with Crippen LogP contribution in [0.1, 0.15) is 21.5 Å². The summed E-state index contributed by atoms with van der Waals surface area (Å²) in [4.78, 5) is 13.7. The molecular weight excluding hydrogens is 440 g/mol. The third-order valence-electron chi connectivity index (χ3n) is 4.38. The van der Waals surface area contributed by atoms with Crippen LogP contribution in [0.25, 0.3) is 0 Å². The van der Waals surface area contributed by atoms with E-state index in [0.717, 1.165) is 16.0 Å². The third-order valence-corrected chi connectivity index (χ3v) is 6.83. The highest BCUT2D eigenvalue weighted by atomic mass is 35.5. The highest BCUT2D eigenvalue weighted by molar-refractivity contribution is 7.98. The fraction of sp³-hybridized carbons (Fsp3) is 0.136. The van der Waals surface area contributed by atoms with Gasteiger partial charge in [0.25, 0.3) is 15.9 Å². The molecule has 0 saturated heterocycles. The summed E-state index contributed by atoms with van der Waals surface area (Å²) in [5.41, 5.74) is 2.41. The van der Waals surface area contributed by atoms with Crippen molar-refractivity contribution in [2.24, 2.45) is 0 Å². The van der Waals surface area contributed by atoms with Crippen LogP contribution in [0.5, 0.6) is 0 Å².